The first-order chi connectivity index (χ1) is 9.31. The van der Waals surface area contributed by atoms with Crippen molar-refractivity contribution in [2.24, 2.45) is 0 Å². The lowest BCUT2D eigenvalue weighted by molar-refractivity contribution is 0.568. The predicted molar refractivity (Wildman–Crippen MR) is 80.4 cm³/mol. The van der Waals surface area contributed by atoms with E-state index in [1.165, 1.54) is 12.1 Å². The zero-order chi connectivity index (χ0) is 14.9. The van der Waals surface area contributed by atoms with E-state index in [1.807, 2.05) is 20.0 Å². The van der Waals surface area contributed by atoms with Crippen LogP contribution in [0, 0.1) is 12.7 Å². The Bertz CT molecular complexity index is 630. The van der Waals surface area contributed by atoms with E-state index in [4.69, 9.17) is 0 Å². The van der Waals surface area contributed by atoms with E-state index in [0.29, 0.717) is 5.82 Å². The molecule has 0 saturated carbocycles. The van der Waals surface area contributed by atoms with Crippen molar-refractivity contribution < 1.29 is 4.39 Å². The zero-order valence-electron chi connectivity index (χ0n) is 12.6. The number of benzene rings is 1. The Labute approximate surface area is 119 Å². The molecule has 106 valence electrons. The molecule has 0 saturated heterocycles. The lowest BCUT2D eigenvalue weighted by Crippen LogP contribution is -2.15. The van der Waals surface area contributed by atoms with E-state index < -0.39 is 0 Å². The third-order valence-electron chi connectivity index (χ3n) is 3.18. The van der Waals surface area contributed by atoms with Gasteiger partial charge >= 0.3 is 0 Å². The van der Waals surface area contributed by atoms with Crippen LogP contribution in [-0.2, 0) is 5.41 Å². The first-order valence-electron chi connectivity index (χ1n) is 6.65. The average molecular weight is 273 g/mol. The fourth-order valence-corrected chi connectivity index (χ4v) is 1.96. The van der Waals surface area contributed by atoms with Crippen LogP contribution in [0.5, 0.6) is 0 Å². The zero-order valence-corrected chi connectivity index (χ0v) is 12.6. The standard InChI is InChI=1S/C16H20FN3/c1-10-8-11(17)6-7-12(10)15-19-13(16(2,3)4)9-14(18-5)20-15/h6-9H,1-5H3,(H,18,19,20). The van der Waals surface area contributed by atoms with Crippen LogP contribution in [0.1, 0.15) is 32.0 Å². The fraction of sp³-hybridized carbons (Fsp3) is 0.375. The predicted octanol–water partition coefficient (Wildman–Crippen LogP) is 3.93. The first kappa shape index (κ1) is 14.4. The quantitative estimate of drug-likeness (QED) is 0.901. The summed E-state index contributed by atoms with van der Waals surface area (Å²) in [6.45, 7) is 8.19. The third kappa shape index (κ3) is 2.95. The van der Waals surface area contributed by atoms with Crippen LogP contribution in [0.3, 0.4) is 0 Å². The summed E-state index contributed by atoms with van der Waals surface area (Å²) in [7, 11) is 1.83. The van der Waals surface area contributed by atoms with Crippen LogP contribution < -0.4 is 5.32 Å². The Hall–Kier alpha value is -1.97. The average Bonchev–Trinajstić information content (AvgIpc) is 2.37. The summed E-state index contributed by atoms with van der Waals surface area (Å²) in [6, 6.07) is 6.62. The minimum Gasteiger partial charge on any atom is -0.373 e. The molecule has 0 atom stereocenters. The fourth-order valence-electron chi connectivity index (χ4n) is 1.96. The molecule has 0 unspecified atom stereocenters. The molecule has 0 spiro atoms. The monoisotopic (exact) mass is 273 g/mol. The van der Waals surface area contributed by atoms with Gasteiger partial charge in [0, 0.05) is 24.1 Å². The molecule has 0 fully saturated rings. The number of aryl methyl sites for hydroxylation is 1. The molecule has 1 aromatic carbocycles. The topological polar surface area (TPSA) is 37.8 Å². The summed E-state index contributed by atoms with van der Waals surface area (Å²) < 4.78 is 13.2. The molecule has 1 heterocycles. The van der Waals surface area contributed by atoms with Crippen LogP contribution >= 0.6 is 0 Å². The number of hydrogen-bond acceptors (Lipinski definition) is 3. The number of halogens is 1. The number of hydrogen-bond donors (Lipinski definition) is 1. The number of nitrogens with zero attached hydrogens (tertiary/aromatic N) is 2. The van der Waals surface area contributed by atoms with Crippen molar-refractivity contribution in [3.8, 4) is 11.4 Å². The summed E-state index contributed by atoms with van der Waals surface area (Å²) in [5, 5.41) is 3.06. The maximum absolute atomic E-state index is 13.2. The van der Waals surface area contributed by atoms with Gasteiger partial charge in [-0.05, 0) is 30.7 Å². The van der Waals surface area contributed by atoms with Gasteiger partial charge in [-0.3, -0.25) is 0 Å². The number of aromatic nitrogens is 2. The molecule has 0 aliphatic rings. The van der Waals surface area contributed by atoms with Crippen LogP contribution in [0.4, 0.5) is 10.2 Å². The van der Waals surface area contributed by atoms with Gasteiger partial charge in [0.25, 0.3) is 0 Å². The van der Waals surface area contributed by atoms with Crippen molar-refractivity contribution in [2.45, 2.75) is 33.1 Å². The highest BCUT2D eigenvalue weighted by molar-refractivity contribution is 5.62. The van der Waals surface area contributed by atoms with Gasteiger partial charge in [0.15, 0.2) is 5.82 Å². The number of rotatable bonds is 2. The molecular formula is C16H20FN3. The molecular weight excluding hydrogens is 253 g/mol. The van der Waals surface area contributed by atoms with Crippen molar-refractivity contribution in [1.29, 1.82) is 0 Å². The maximum Gasteiger partial charge on any atom is 0.162 e. The van der Waals surface area contributed by atoms with Gasteiger partial charge in [0.1, 0.15) is 11.6 Å². The highest BCUT2D eigenvalue weighted by Gasteiger charge is 2.19. The van der Waals surface area contributed by atoms with Gasteiger partial charge in [-0.25, -0.2) is 14.4 Å². The second-order valence-electron chi connectivity index (χ2n) is 5.92. The van der Waals surface area contributed by atoms with E-state index in [0.717, 1.165) is 22.6 Å². The molecule has 20 heavy (non-hydrogen) atoms. The SMILES string of the molecule is CNc1cc(C(C)(C)C)nc(-c2ccc(F)cc2C)n1. The molecule has 1 N–H and O–H groups in total. The highest BCUT2D eigenvalue weighted by Crippen LogP contribution is 2.27. The molecule has 0 aliphatic carbocycles. The van der Waals surface area contributed by atoms with E-state index >= 15 is 0 Å². The number of anilines is 1. The minimum atomic E-state index is -0.243. The van der Waals surface area contributed by atoms with Crippen LogP contribution in [0.25, 0.3) is 11.4 Å². The van der Waals surface area contributed by atoms with Crippen molar-refractivity contribution in [3.05, 3.63) is 41.3 Å². The molecule has 2 rings (SSSR count). The number of nitrogens with one attached hydrogen (secondary N) is 1. The Balaban J connectivity index is 2.61. The lowest BCUT2D eigenvalue weighted by Gasteiger charge is -2.19. The second-order valence-corrected chi connectivity index (χ2v) is 5.92. The van der Waals surface area contributed by atoms with E-state index in [9.17, 15) is 4.39 Å². The first-order valence-corrected chi connectivity index (χ1v) is 6.65. The van der Waals surface area contributed by atoms with Gasteiger partial charge in [0.05, 0.1) is 5.69 Å². The summed E-state index contributed by atoms with van der Waals surface area (Å²) >= 11 is 0. The molecule has 0 amide bonds. The van der Waals surface area contributed by atoms with Gasteiger partial charge < -0.3 is 5.32 Å². The van der Waals surface area contributed by atoms with E-state index in [1.54, 1.807) is 6.07 Å². The van der Waals surface area contributed by atoms with Crippen molar-refractivity contribution in [1.82, 2.24) is 9.97 Å². The lowest BCUT2D eigenvalue weighted by atomic mass is 9.91. The minimum absolute atomic E-state index is 0.0722. The summed E-state index contributed by atoms with van der Waals surface area (Å²) in [5.41, 5.74) is 2.57. The van der Waals surface area contributed by atoms with Crippen molar-refractivity contribution >= 4 is 5.82 Å². The Morgan fingerprint density at radius 2 is 1.80 bits per heavy atom. The normalized spacial score (nSPS) is 11.5. The van der Waals surface area contributed by atoms with Crippen LogP contribution in [0.15, 0.2) is 24.3 Å². The highest BCUT2D eigenvalue weighted by atomic mass is 19.1. The van der Waals surface area contributed by atoms with E-state index in [-0.39, 0.29) is 11.2 Å². The Morgan fingerprint density at radius 3 is 2.35 bits per heavy atom. The molecule has 0 bridgehead atoms. The van der Waals surface area contributed by atoms with Crippen molar-refractivity contribution in [2.75, 3.05) is 12.4 Å². The largest absolute Gasteiger partial charge is 0.373 e. The molecule has 3 nitrogen and oxygen atoms in total. The summed E-state index contributed by atoms with van der Waals surface area (Å²) in [6.07, 6.45) is 0. The molecule has 0 aliphatic heterocycles. The van der Waals surface area contributed by atoms with Crippen molar-refractivity contribution in [3.63, 3.8) is 0 Å². The smallest absolute Gasteiger partial charge is 0.162 e. The molecule has 0 radical (unpaired) electrons. The second kappa shape index (κ2) is 5.19. The molecule has 2 aromatic rings. The third-order valence-corrected chi connectivity index (χ3v) is 3.18. The maximum atomic E-state index is 13.2. The molecule has 4 heteroatoms. The van der Waals surface area contributed by atoms with Crippen LogP contribution in [0.2, 0.25) is 0 Å². The van der Waals surface area contributed by atoms with Gasteiger partial charge in [-0.1, -0.05) is 20.8 Å². The van der Waals surface area contributed by atoms with Gasteiger partial charge in [-0.15, -0.1) is 0 Å². The van der Waals surface area contributed by atoms with E-state index in [2.05, 4.69) is 36.1 Å². The van der Waals surface area contributed by atoms with Gasteiger partial charge in [-0.2, -0.15) is 0 Å². The Morgan fingerprint density at radius 1 is 1.10 bits per heavy atom. The summed E-state index contributed by atoms with van der Waals surface area (Å²) in [4.78, 5) is 9.12. The molecule has 1 aromatic heterocycles. The van der Waals surface area contributed by atoms with Gasteiger partial charge in [0.2, 0.25) is 0 Å². The summed E-state index contributed by atoms with van der Waals surface area (Å²) in [5.74, 6) is 1.15. The van der Waals surface area contributed by atoms with Crippen LogP contribution in [-0.4, -0.2) is 17.0 Å². The Kier molecular flexibility index (Phi) is 3.75.